The fraction of sp³-hybridized carbons (Fsp3) is 0.290. The van der Waals surface area contributed by atoms with Crippen LogP contribution in [0.5, 0.6) is 0 Å². The number of nitriles is 1. The fourth-order valence-corrected chi connectivity index (χ4v) is 5.12. The predicted molar refractivity (Wildman–Crippen MR) is 153 cm³/mol. The molecule has 2 saturated heterocycles. The molecule has 2 aliphatic rings. The van der Waals surface area contributed by atoms with Crippen LogP contribution in [0.15, 0.2) is 66.7 Å². The largest absolute Gasteiger partial charge is 0.366 e. The maximum Gasteiger partial charge on any atom is 0.255 e. The number of carbonyl (C=O) groups is 3. The molecular weight excluding hydrogens is 523 g/mol. The topological polar surface area (TPSA) is 109 Å². The number of halogens is 1. The van der Waals surface area contributed by atoms with E-state index in [0.29, 0.717) is 67.3 Å². The van der Waals surface area contributed by atoms with Crippen molar-refractivity contribution in [2.75, 3.05) is 62.6 Å². The third kappa shape index (κ3) is 6.53. The van der Waals surface area contributed by atoms with Crippen molar-refractivity contribution in [3.8, 4) is 6.07 Å². The van der Waals surface area contributed by atoms with Crippen LogP contribution < -0.4 is 15.5 Å². The van der Waals surface area contributed by atoms with Crippen molar-refractivity contribution < 1.29 is 18.8 Å². The summed E-state index contributed by atoms with van der Waals surface area (Å²) in [6.45, 7) is 4.76. The third-order valence-electron chi connectivity index (χ3n) is 7.37. The first-order chi connectivity index (χ1) is 19.9. The summed E-state index contributed by atoms with van der Waals surface area (Å²) in [6, 6.07) is 19.3. The van der Waals surface area contributed by atoms with Crippen LogP contribution in [0.25, 0.3) is 0 Å². The number of hydrogen-bond donors (Lipinski definition) is 2. The number of nitrogens with one attached hydrogen (secondary N) is 2. The van der Waals surface area contributed by atoms with Crippen LogP contribution in [0.4, 0.5) is 15.8 Å². The van der Waals surface area contributed by atoms with Gasteiger partial charge in [0, 0.05) is 62.5 Å². The highest BCUT2D eigenvalue weighted by atomic mass is 19.1. The van der Waals surface area contributed by atoms with E-state index in [1.165, 1.54) is 24.3 Å². The van der Waals surface area contributed by atoms with Crippen molar-refractivity contribution in [2.45, 2.75) is 6.42 Å². The molecule has 0 saturated carbocycles. The standard InChI is InChI=1S/C31H31FN6O3/c32-26-4-1-3-24(19-26)29(39)35-27-20-25(31(41)37-13-2-11-34-12-14-37)9-10-28(27)36-15-17-38(18-16-36)30(40)23-7-5-22(21-33)6-8-23/h1,3-10,19-20,34H,2,11-18H2,(H,35,39). The third-order valence-corrected chi connectivity index (χ3v) is 7.37. The minimum Gasteiger partial charge on any atom is -0.366 e. The first-order valence-electron chi connectivity index (χ1n) is 13.7. The van der Waals surface area contributed by atoms with Crippen molar-refractivity contribution in [3.63, 3.8) is 0 Å². The number of nitrogens with zero attached hydrogens (tertiary/aromatic N) is 4. The summed E-state index contributed by atoms with van der Waals surface area (Å²) in [4.78, 5) is 45.1. The summed E-state index contributed by atoms with van der Waals surface area (Å²) < 4.78 is 13.8. The Bertz CT molecular complexity index is 1470. The molecule has 3 amide bonds. The molecule has 0 unspecified atom stereocenters. The molecule has 2 N–H and O–H groups in total. The summed E-state index contributed by atoms with van der Waals surface area (Å²) in [5, 5.41) is 15.2. The molecule has 2 aliphatic heterocycles. The second kappa shape index (κ2) is 12.6. The summed E-state index contributed by atoms with van der Waals surface area (Å²) in [7, 11) is 0. The van der Waals surface area contributed by atoms with Gasteiger partial charge in [-0.1, -0.05) is 6.07 Å². The lowest BCUT2D eigenvalue weighted by Gasteiger charge is -2.37. The fourth-order valence-electron chi connectivity index (χ4n) is 5.12. The zero-order valence-electron chi connectivity index (χ0n) is 22.6. The van der Waals surface area contributed by atoms with E-state index in [1.54, 1.807) is 46.2 Å². The van der Waals surface area contributed by atoms with Crippen LogP contribution in [0, 0.1) is 17.1 Å². The highest BCUT2D eigenvalue weighted by Gasteiger charge is 2.26. The molecule has 3 aromatic rings. The first kappa shape index (κ1) is 27.8. The van der Waals surface area contributed by atoms with Gasteiger partial charge in [0.1, 0.15) is 5.82 Å². The van der Waals surface area contributed by atoms with Gasteiger partial charge in [0.15, 0.2) is 0 Å². The van der Waals surface area contributed by atoms with E-state index >= 15 is 0 Å². The van der Waals surface area contributed by atoms with Gasteiger partial charge in [0.05, 0.1) is 23.0 Å². The molecule has 41 heavy (non-hydrogen) atoms. The second-order valence-corrected chi connectivity index (χ2v) is 10.1. The molecule has 0 radical (unpaired) electrons. The Kier molecular flexibility index (Phi) is 8.56. The Balaban J connectivity index is 1.36. The van der Waals surface area contributed by atoms with Gasteiger partial charge in [-0.2, -0.15) is 5.26 Å². The van der Waals surface area contributed by atoms with E-state index in [0.717, 1.165) is 19.5 Å². The molecule has 2 heterocycles. The monoisotopic (exact) mass is 554 g/mol. The lowest BCUT2D eigenvalue weighted by molar-refractivity contribution is 0.0743. The quantitative estimate of drug-likeness (QED) is 0.501. The number of amides is 3. The molecule has 0 aromatic heterocycles. The van der Waals surface area contributed by atoms with Gasteiger partial charge >= 0.3 is 0 Å². The van der Waals surface area contributed by atoms with Gasteiger partial charge < -0.3 is 25.3 Å². The second-order valence-electron chi connectivity index (χ2n) is 10.1. The van der Waals surface area contributed by atoms with Crippen molar-refractivity contribution in [3.05, 3.63) is 94.8 Å². The number of carbonyl (C=O) groups excluding carboxylic acids is 3. The minimum atomic E-state index is -0.514. The lowest BCUT2D eigenvalue weighted by Crippen LogP contribution is -2.49. The van der Waals surface area contributed by atoms with Crippen LogP contribution in [0.3, 0.4) is 0 Å². The predicted octanol–water partition coefficient (Wildman–Crippen LogP) is 3.35. The average molecular weight is 555 g/mol. The molecule has 2 fully saturated rings. The molecule has 10 heteroatoms. The number of anilines is 2. The van der Waals surface area contributed by atoms with Crippen LogP contribution in [-0.4, -0.2) is 79.9 Å². The van der Waals surface area contributed by atoms with Gasteiger partial charge in [-0.25, -0.2) is 4.39 Å². The van der Waals surface area contributed by atoms with Crippen LogP contribution in [-0.2, 0) is 0 Å². The zero-order valence-corrected chi connectivity index (χ0v) is 22.6. The summed E-state index contributed by atoms with van der Waals surface area (Å²) in [6.07, 6.45) is 0.860. The van der Waals surface area contributed by atoms with E-state index < -0.39 is 11.7 Å². The molecule has 210 valence electrons. The zero-order chi connectivity index (χ0) is 28.8. The van der Waals surface area contributed by atoms with Gasteiger partial charge in [-0.3, -0.25) is 14.4 Å². The highest BCUT2D eigenvalue weighted by Crippen LogP contribution is 2.30. The molecule has 0 aliphatic carbocycles. The molecule has 3 aromatic carbocycles. The van der Waals surface area contributed by atoms with Crippen LogP contribution >= 0.6 is 0 Å². The van der Waals surface area contributed by atoms with E-state index in [2.05, 4.69) is 21.6 Å². The van der Waals surface area contributed by atoms with E-state index in [4.69, 9.17) is 5.26 Å². The average Bonchev–Trinajstić information content (AvgIpc) is 3.30. The summed E-state index contributed by atoms with van der Waals surface area (Å²) in [5.74, 6) is -1.22. The maximum atomic E-state index is 13.8. The van der Waals surface area contributed by atoms with E-state index in [1.807, 2.05) is 6.07 Å². The normalized spacial score (nSPS) is 15.6. The van der Waals surface area contributed by atoms with Crippen molar-refractivity contribution in [1.82, 2.24) is 15.1 Å². The van der Waals surface area contributed by atoms with E-state index in [-0.39, 0.29) is 17.4 Å². The smallest absolute Gasteiger partial charge is 0.255 e. The first-order valence-corrected chi connectivity index (χ1v) is 13.7. The maximum absolute atomic E-state index is 13.8. The molecule has 0 spiro atoms. The van der Waals surface area contributed by atoms with Crippen molar-refractivity contribution in [2.24, 2.45) is 0 Å². The number of rotatable bonds is 5. The Morgan fingerprint density at radius 2 is 1.49 bits per heavy atom. The van der Waals surface area contributed by atoms with Gasteiger partial charge in [-0.05, 0) is 73.6 Å². The number of benzene rings is 3. The summed E-state index contributed by atoms with van der Waals surface area (Å²) in [5.41, 5.74) is 2.81. The van der Waals surface area contributed by atoms with Gasteiger partial charge in [-0.15, -0.1) is 0 Å². The molecule has 0 bridgehead atoms. The molecule has 5 rings (SSSR count). The Morgan fingerprint density at radius 3 is 2.22 bits per heavy atom. The lowest BCUT2D eigenvalue weighted by atomic mass is 10.1. The van der Waals surface area contributed by atoms with Gasteiger partial charge in [0.2, 0.25) is 0 Å². The van der Waals surface area contributed by atoms with Crippen LogP contribution in [0.1, 0.15) is 43.1 Å². The van der Waals surface area contributed by atoms with Gasteiger partial charge in [0.25, 0.3) is 17.7 Å². The van der Waals surface area contributed by atoms with Crippen LogP contribution in [0.2, 0.25) is 0 Å². The van der Waals surface area contributed by atoms with Crippen molar-refractivity contribution in [1.29, 1.82) is 5.26 Å². The SMILES string of the molecule is N#Cc1ccc(C(=O)N2CCN(c3ccc(C(=O)N4CCCNCC4)cc3NC(=O)c3cccc(F)c3)CC2)cc1. The molecule has 9 nitrogen and oxygen atoms in total. The van der Waals surface area contributed by atoms with E-state index in [9.17, 15) is 18.8 Å². The number of hydrogen-bond acceptors (Lipinski definition) is 6. The molecular formula is C31H31FN6O3. The molecule has 0 atom stereocenters. The number of piperazine rings is 1. The summed E-state index contributed by atoms with van der Waals surface area (Å²) >= 11 is 0. The van der Waals surface area contributed by atoms with Crippen molar-refractivity contribution >= 4 is 29.1 Å². The Labute approximate surface area is 238 Å². The Morgan fingerprint density at radius 1 is 0.780 bits per heavy atom. The Hall–Kier alpha value is -4.75. The minimum absolute atomic E-state index is 0.110. The highest BCUT2D eigenvalue weighted by molar-refractivity contribution is 6.07.